The Morgan fingerprint density at radius 3 is 2.17 bits per heavy atom. The fraction of sp³-hybridized carbons (Fsp3) is 0.222. The number of alkyl carbamates (subject to hydrolysis) is 1. The van der Waals surface area contributed by atoms with Crippen molar-refractivity contribution >= 4 is 39.6 Å². The molecule has 3 aromatic carbocycles. The van der Waals surface area contributed by atoms with E-state index in [2.05, 4.69) is 38.7 Å². The minimum absolute atomic E-state index is 0.00837. The van der Waals surface area contributed by atoms with E-state index in [1.54, 1.807) is 19.9 Å². The SMILES string of the molecule is CC(C)(CNC(=O)OCC1c2ccccc2-c2ccccc21)C(=O)Nc1ccc(Br)cc1C(=O)O. The summed E-state index contributed by atoms with van der Waals surface area (Å²) in [4.78, 5) is 36.8. The molecule has 0 atom stereocenters. The zero-order chi connectivity index (χ0) is 25.2. The van der Waals surface area contributed by atoms with Gasteiger partial charge in [0.05, 0.1) is 16.7 Å². The van der Waals surface area contributed by atoms with Crippen molar-refractivity contribution in [3.63, 3.8) is 0 Å². The van der Waals surface area contributed by atoms with Crippen molar-refractivity contribution in [1.82, 2.24) is 5.32 Å². The van der Waals surface area contributed by atoms with E-state index >= 15 is 0 Å². The zero-order valence-electron chi connectivity index (χ0n) is 19.3. The molecule has 1 aliphatic carbocycles. The number of fused-ring (bicyclic) bond motifs is 3. The summed E-state index contributed by atoms with van der Waals surface area (Å²) >= 11 is 3.23. The van der Waals surface area contributed by atoms with Crippen molar-refractivity contribution in [2.75, 3.05) is 18.5 Å². The average molecular weight is 537 g/mol. The van der Waals surface area contributed by atoms with E-state index in [4.69, 9.17) is 4.74 Å². The van der Waals surface area contributed by atoms with E-state index in [1.807, 2.05) is 36.4 Å². The maximum Gasteiger partial charge on any atom is 0.407 e. The molecule has 0 aromatic heterocycles. The number of nitrogens with one attached hydrogen (secondary N) is 2. The first-order valence-corrected chi connectivity index (χ1v) is 11.9. The van der Waals surface area contributed by atoms with Gasteiger partial charge in [-0.2, -0.15) is 0 Å². The quantitative estimate of drug-likeness (QED) is 0.361. The molecule has 0 spiro atoms. The Balaban J connectivity index is 1.36. The summed E-state index contributed by atoms with van der Waals surface area (Å²) in [5, 5.41) is 14.7. The average Bonchev–Trinajstić information content (AvgIpc) is 3.16. The minimum Gasteiger partial charge on any atom is -0.478 e. The second-order valence-electron chi connectivity index (χ2n) is 9.01. The van der Waals surface area contributed by atoms with Crippen LogP contribution in [0.15, 0.2) is 71.2 Å². The lowest BCUT2D eigenvalue weighted by atomic mass is 9.92. The van der Waals surface area contributed by atoms with E-state index in [-0.39, 0.29) is 30.3 Å². The van der Waals surface area contributed by atoms with Gasteiger partial charge < -0.3 is 20.5 Å². The van der Waals surface area contributed by atoms with Gasteiger partial charge in [0.2, 0.25) is 5.91 Å². The molecule has 2 amide bonds. The number of aromatic carboxylic acids is 1. The Bertz CT molecular complexity index is 1260. The number of amides is 2. The summed E-state index contributed by atoms with van der Waals surface area (Å²) in [6, 6.07) is 20.7. The Hall–Kier alpha value is -3.65. The number of hydrogen-bond acceptors (Lipinski definition) is 4. The molecule has 3 aromatic rings. The van der Waals surface area contributed by atoms with Crippen LogP contribution in [-0.2, 0) is 9.53 Å². The van der Waals surface area contributed by atoms with Crippen LogP contribution in [0, 0.1) is 5.41 Å². The summed E-state index contributed by atoms with van der Waals surface area (Å²) in [7, 11) is 0. The second kappa shape index (κ2) is 9.92. The zero-order valence-corrected chi connectivity index (χ0v) is 20.9. The van der Waals surface area contributed by atoms with Crippen molar-refractivity contribution in [2.24, 2.45) is 5.41 Å². The number of anilines is 1. The third kappa shape index (κ3) is 5.22. The van der Waals surface area contributed by atoms with Crippen LogP contribution in [-0.4, -0.2) is 36.2 Å². The molecule has 8 heteroatoms. The van der Waals surface area contributed by atoms with E-state index in [0.29, 0.717) is 4.47 Å². The van der Waals surface area contributed by atoms with Gasteiger partial charge >= 0.3 is 12.1 Å². The molecule has 0 fully saturated rings. The van der Waals surface area contributed by atoms with Crippen molar-refractivity contribution in [1.29, 1.82) is 0 Å². The molecule has 0 aliphatic heterocycles. The Morgan fingerprint density at radius 1 is 0.971 bits per heavy atom. The maximum atomic E-state index is 12.8. The number of hydrogen-bond donors (Lipinski definition) is 3. The van der Waals surface area contributed by atoms with Gasteiger partial charge in [-0.05, 0) is 54.3 Å². The van der Waals surface area contributed by atoms with E-state index in [9.17, 15) is 19.5 Å². The van der Waals surface area contributed by atoms with Gasteiger partial charge in [-0.15, -0.1) is 0 Å². The van der Waals surface area contributed by atoms with E-state index in [1.165, 1.54) is 12.1 Å². The van der Waals surface area contributed by atoms with Crippen molar-refractivity contribution < 1.29 is 24.2 Å². The topological polar surface area (TPSA) is 105 Å². The third-order valence-corrected chi connectivity index (χ3v) is 6.59. The first-order valence-electron chi connectivity index (χ1n) is 11.1. The van der Waals surface area contributed by atoms with Crippen LogP contribution in [0.5, 0.6) is 0 Å². The van der Waals surface area contributed by atoms with Crippen LogP contribution in [0.3, 0.4) is 0 Å². The van der Waals surface area contributed by atoms with Gasteiger partial charge in [-0.25, -0.2) is 9.59 Å². The normalized spacial score (nSPS) is 12.4. The molecule has 4 rings (SSSR count). The second-order valence-corrected chi connectivity index (χ2v) is 9.93. The molecule has 0 radical (unpaired) electrons. The fourth-order valence-corrected chi connectivity index (χ4v) is 4.48. The molecular weight excluding hydrogens is 512 g/mol. The Labute approximate surface area is 211 Å². The van der Waals surface area contributed by atoms with Crippen LogP contribution in [0.25, 0.3) is 11.1 Å². The summed E-state index contributed by atoms with van der Waals surface area (Å²) in [6.07, 6.45) is -0.623. The van der Waals surface area contributed by atoms with Crippen LogP contribution in [0.2, 0.25) is 0 Å². The highest BCUT2D eigenvalue weighted by atomic mass is 79.9. The minimum atomic E-state index is -1.16. The molecule has 7 nitrogen and oxygen atoms in total. The molecule has 0 saturated heterocycles. The number of carbonyl (C=O) groups excluding carboxylic acids is 2. The van der Waals surface area contributed by atoms with Gasteiger partial charge in [0.15, 0.2) is 0 Å². The monoisotopic (exact) mass is 536 g/mol. The Morgan fingerprint density at radius 2 is 1.57 bits per heavy atom. The van der Waals surface area contributed by atoms with Gasteiger partial charge in [-0.1, -0.05) is 64.5 Å². The predicted molar refractivity (Wildman–Crippen MR) is 137 cm³/mol. The molecule has 0 heterocycles. The van der Waals surface area contributed by atoms with Crippen molar-refractivity contribution in [3.05, 3.63) is 87.9 Å². The highest BCUT2D eigenvalue weighted by Crippen LogP contribution is 2.44. The van der Waals surface area contributed by atoms with Crippen LogP contribution in [0.4, 0.5) is 10.5 Å². The predicted octanol–water partition coefficient (Wildman–Crippen LogP) is 5.65. The number of carbonyl (C=O) groups is 3. The highest BCUT2D eigenvalue weighted by molar-refractivity contribution is 9.10. The molecule has 0 saturated carbocycles. The fourth-order valence-electron chi connectivity index (χ4n) is 4.12. The number of rotatable bonds is 7. The molecule has 35 heavy (non-hydrogen) atoms. The van der Waals surface area contributed by atoms with Gasteiger partial charge in [0, 0.05) is 16.9 Å². The molecule has 3 N–H and O–H groups in total. The van der Waals surface area contributed by atoms with Crippen molar-refractivity contribution in [3.8, 4) is 11.1 Å². The highest BCUT2D eigenvalue weighted by Gasteiger charge is 2.31. The largest absolute Gasteiger partial charge is 0.478 e. The standard InChI is InChI=1S/C27H25BrN2O5/c1-27(2,25(33)30-23-12-11-16(28)13-21(23)24(31)32)15-29-26(34)35-14-22-19-9-5-3-7-17(19)18-8-4-6-10-20(18)22/h3-13,22H,14-15H2,1-2H3,(H,29,34)(H,30,33)(H,31,32). The van der Waals surface area contributed by atoms with Gasteiger partial charge in [0.25, 0.3) is 0 Å². The van der Waals surface area contributed by atoms with Crippen LogP contribution < -0.4 is 10.6 Å². The lowest BCUT2D eigenvalue weighted by Gasteiger charge is -2.24. The number of ether oxygens (including phenoxy) is 1. The summed E-state index contributed by atoms with van der Waals surface area (Å²) < 4.78 is 6.12. The van der Waals surface area contributed by atoms with Crippen molar-refractivity contribution in [2.45, 2.75) is 19.8 Å². The van der Waals surface area contributed by atoms with Gasteiger partial charge in [0.1, 0.15) is 6.61 Å². The molecule has 0 unspecified atom stereocenters. The number of benzene rings is 3. The summed E-state index contributed by atoms with van der Waals surface area (Å²) in [5.41, 5.74) is 3.64. The smallest absolute Gasteiger partial charge is 0.407 e. The molecular formula is C27H25BrN2O5. The number of carboxylic acid groups (broad SMARTS) is 1. The molecule has 1 aliphatic rings. The molecule has 180 valence electrons. The number of carboxylic acids is 1. The number of halogens is 1. The molecule has 0 bridgehead atoms. The first kappa shape index (κ1) is 24.5. The van der Waals surface area contributed by atoms with E-state index < -0.39 is 23.4 Å². The van der Waals surface area contributed by atoms with E-state index in [0.717, 1.165) is 22.3 Å². The lowest BCUT2D eigenvalue weighted by Crippen LogP contribution is -2.42. The summed E-state index contributed by atoms with van der Waals surface area (Å²) in [6.45, 7) is 3.50. The van der Waals surface area contributed by atoms with Crippen LogP contribution >= 0.6 is 15.9 Å². The van der Waals surface area contributed by atoms with Gasteiger partial charge in [-0.3, -0.25) is 4.79 Å². The Kier molecular flexibility index (Phi) is 6.93. The first-order chi connectivity index (χ1) is 16.7. The maximum absolute atomic E-state index is 12.8. The van der Waals surface area contributed by atoms with Crippen LogP contribution in [0.1, 0.15) is 41.3 Å². The summed E-state index contributed by atoms with van der Waals surface area (Å²) in [5.74, 6) is -1.64. The third-order valence-electron chi connectivity index (χ3n) is 6.09. The lowest BCUT2D eigenvalue weighted by molar-refractivity contribution is -0.123.